The minimum absolute atomic E-state index is 0.987. The molecule has 0 aliphatic heterocycles. The quantitative estimate of drug-likeness (QED) is 0.592. The van der Waals surface area contributed by atoms with E-state index in [1.807, 2.05) is 0 Å². The predicted octanol–water partition coefficient (Wildman–Crippen LogP) is 4.93. The van der Waals surface area contributed by atoms with Gasteiger partial charge in [-0.1, -0.05) is 56.2 Å². The zero-order valence-corrected chi connectivity index (χ0v) is 11.3. The monoisotopic (exact) mass is 324 g/mol. The fourth-order valence-corrected chi connectivity index (χ4v) is 1.97. The molecule has 0 nitrogen and oxygen atoms in total. The molecule has 2 aliphatic rings. The van der Waals surface area contributed by atoms with Crippen LogP contribution in [0.1, 0.15) is 6.42 Å². The van der Waals surface area contributed by atoms with Gasteiger partial charge in [0.15, 0.2) is 0 Å². The maximum absolute atomic E-state index is 3.49. The van der Waals surface area contributed by atoms with Crippen LogP contribution in [0.5, 0.6) is 0 Å². The third-order valence-electron chi connectivity index (χ3n) is 2.23. The van der Waals surface area contributed by atoms with E-state index in [-0.39, 0.29) is 0 Å². The average Bonchev–Trinajstić information content (AvgIpc) is 2.18. The topological polar surface area (TPSA) is 0 Å². The third kappa shape index (κ3) is 3.18. The van der Waals surface area contributed by atoms with Crippen molar-refractivity contribution in [2.45, 2.75) is 6.42 Å². The Labute approximate surface area is 107 Å². The lowest BCUT2D eigenvalue weighted by Gasteiger charge is -2.08. The lowest BCUT2D eigenvalue weighted by atomic mass is 10.0. The minimum Gasteiger partial charge on any atom is -0.0576 e. The van der Waals surface area contributed by atoms with Crippen molar-refractivity contribution in [2.75, 3.05) is 0 Å². The van der Waals surface area contributed by atoms with Crippen molar-refractivity contribution in [1.82, 2.24) is 0 Å². The molecule has 0 aromatic rings. The Balaban J connectivity index is 2.47. The number of allylic oxidation sites excluding steroid dienone is 12. The molecule has 2 rings (SSSR count). The Bertz CT molecular complexity index is 401. The molecule has 0 radical (unpaired) electrons. The molecule has 0 fully saturated rings. The SMILES string of the molecule is BrC1=CC=C2C=CC(Br)=CC=C(C=C1)C2. The van der Waals surface area contributed by atoms with E-state index in [1.54, 1.807) is 0 Å². The van der Waals surface area contributed by atoms with Crippen LogP contribution < -0.4 is 0 Å². The van der Waals surface area contributed by atoms with Gasteiger partial charge in [-0.2, -0.15) is 0 Å². The molecule has 0 unspecified atom stereocenters. The Morgan fingerprint density at radius 1 is 0.667 bits per heavy atom. The van der Waals surface area contributed by atoms with Gasteiger partial charge < -0.3 is 0 Å². The van der Waals surface area contributed by atoms with Crippen LogP contribution in [0.2, 0.25) is 0 Å². The molecule has 0 spiro atoms. The summed E-state index contributed by atoms with van der Waals surface area (Å²) in [4.78, 5) is 0. The molecule has 0 N–H and O–H groups in total. The highest BCUT2D eigenvalue weighted by Crippen LogP contribution is 2.23. The first-order valence-corrected chi connectivity index (χ1v) is 6.31. The molecule has 2 heteroatoms. The number of rotatable bonds is 0. The van der Waals surface area contributed by atoms with Gasteiger partial charge in [-0.15, -0.1) is 0 Å². The fourth-order valence-electron chi connectivity index (χ4n) is 1.44. The summed E-state index contributed by atoms with van der Waals surface area (Å²) in [6.45, 7) is 0. The molecule has 0 saturated carbocycles. The summed E-state index contributed by atoms with van der Waals surface area (Å²) in [7, 11) is 0. The van der Waals surface area contributed by atoms with Crippen LogP contribution in [-0.4, -0.2) is 0 Å². The van der Waals surface area contributed by atoms with E-state index in [0.29, 0.717) is 0 Å². The summed E-state index contributed by atoms with van der Waals surface area (Å²) < 4.78 is 2.20. The smallest absolute Gasteiger partial charge is 0.0175 e. The van der Waals surface area contributed by atoms with Gasteiger partial charge in [-0.25, -0.2) is 0 Å². The molecule has 2 aliphatic carbocycles. The largest absolute Gasteiger partial charge is 0.0576 e. The second-order valence-corrected chi connectivity index (χ2v) is 5.26. The Morgan fingerprint density at radius 3 is 1.60 bits per heavy atom. The molecular weight excluding hydrogens is 316 g/mol. The Kier molecular flexibility index (Phi) is 3.60. The van der Waals surface area contributed by atoms with Crippen molar-refractivity contribution < 1.29 is 0 Å². The van der Waals surface area contributed by atoms with Gasteiger partial charge in [0.1, 0.15) is 0 Å². The third-order valence-corrected chi connectivity index (χ3v) is 3.29. The highest BCUT2D eigenvalue weighted by molar-refractivity contribution is 9.12. The highest BCUT2D eigenvalue weighted by Gasteiger charge is 2.02. The van der Waals surface area contributed by atoms with Crippen molar-refractivity contribution in [2.24, 2.45) is 0 Å². The lowest BCUT2D eigenvalue weighted by molar-refractivity contribution is 1.20. The van der Waals surface area contributed by atoms with E-state index in [1.165, 1.54) is 11.1 Å². The average molecular weight is 326 g/mol. The van der Waals surface area contributed by atoms with Crippen LogP contribution >= 0.6 is 31.9 Å². The molecule has 0 saturated heterocycles. The molecule has 0 amide bonds. The van der Waals surface area contributed by atoms with Crippen molar-refractivity contribution in [3.8, 4) is 0 Å². The van der Waals surface area contributed by atoms with Crippen molar-refractivity contribution in [3.63, 3.8) is 0 Å². The van der Waals surface area contributed by atoms with Crippen LogP contribution in [0.4, 0.5) is 0 Å². The van der Waals surface area contributed by atoms with Crippen molar-refractivity contribution >= 4 is 31.9 Å². The van der Waals surface area contributed by atoms with Crippen molar-refractivity contribution in [1.29, 1.82) is 0 Å². The van der Waals surface area contributed by atoms with Gasteiger partial charge in [0, 0.05) is 8.96 Å². The molecule has 0 atom stereocenters. The number of fused-ring (bicyclic) bond motifs is 2. The molecule has 0 aromatic heterocycles. The van der Waals surface area contributed by atoms with Crippen LogP contribution in [0.3, 0.4) is 0 Å². The van der Waals surface area contributed by atoms with E-state index in [9.17, 15) is 0 Å². The van der Waals surface area contributed by atoms with Gasteiger partial charge in [-0.3, -0.25) is 0 Å². The molecule has 15 heavy (non-hydrogen) atoms. The van der Waals surface area contributed by atoms with E-state index < -0.39 is 0 Å². The normalized spacial score (nSPS) is 20.1. The molecule has 0 heterocycles. The summed E-state index contributed by atoms with van der Waals surface area (Å²) in [5.41, 5.74) is 2.63. The first-order valence-electron chi connectivity index (χ1n) is 4.73. The van der Waals surface area contributed by atoms with Gasteiger partial charge in [-0.05, 0) is 41.9 Å². The minimum atomic E-state index is 0.987. The lowest BCUT2D eigenvalue weighted by Crippen LogP contribution is -1.88. The zero-order valence-electron chi connectivity index (χ0n) is 8.08. The second kappa shape index (κ2) is 4.95. The standard InChI is InChI=1S/C13H10Br2/c14-12-5-1-10-2-6-13(15)8-4-11(9-10)3-7-12/h1-8H,9H2. The first kappa shape index (κ1) is 10.9. The van der Waals surface area contributed by atoms with Crippen LogP contribution in [-0.2, 0) is 0 Å². The van der Waals surface area contributed by atoms with Crippen LogP contribution in [0.15, 0.2) is 68.7 Å². The van der Waals surface area contributed by atoms with Gasteiger partial charge in [0.05, 0.1) is 0 Å². The number of hydrogen-bond donors (Lipinski definition) is 0. The van der Waals surface area contributed by atoms with E-state index in [0.717, 1.165) is 15.4 Å². The molecule has 2 bridgehead atoms. The van der Waals surface area contributed by atoms with Gasteiger partial charge >= 0.3 is 0 Å². The Hall–Kier alpha value is -0.600. The molecular formula is C13H10Br2. The first-order chi connectivity index (χ1) is 7.24. The predicted molar refractivity (Wildman–Crippen MR) is 73.1 cm³/mol. The molecule has 76 valence electrons. The van der Waals surface area contributed by atoms with Gasteiger partial charge in [0.25, 0.3) is 0 Å². The van der Waals surface area contributed by atoms with Crippen LogP contribution in [0.25, 0.3) is 0 Å². The van der Waals surface area contributed by atoms with Crippen molar-refractivity contribution in [3.05, 3.63) is 68.7 Å². The maximum Gasteiger partial charge on any atom is 0.0175 e. The second-order valence-electron chi connectivity index (χ2n) is 3.43. The fraction of sp³-hybridized carbons (Fsp3) is 0.0769. The van der Waals surface area contributed by atoms with E-state index in [2.05, 4.69) is 80.5 Å². The molecule has 0 aromatic carbocycles. The maximum atomic E-state index is 3.49. The van der Waals surface area contributed by atoms with E-state index in [4.69, 9.17) is 0 Å². The Morgan fingerprint density at radius 2 is 1.13 bits per heavy atom. The van der Waals surface area contributed by atoms with Crippen LogP contribution in [0, 0.1) is 0 Å². The number of hydrogen-bond acceptors (Lipinski definition) is 0. The summed E-state index contributed by atoms with van der Waals surface area (Å²) >= 11 is 6.98. The summed E-state index contributed by atoms with van der Waals surface area (Å²) in [5.74, 6) is 0. The zero-order chi connectivity index (χ0) is 10.7. The summed E-state index contributed by atoms with van der Waals surface area (Å²) in [6, 6.07) is 0. The van der Waals surface area contributed by atoms with E-state index >= 15 is 0 Å². The van der Waals surface area contributed by atoms with Gasteiger partial charge in [0.2, 0.25) is 0 Å². The number of halogens is 2. The highest BCUT2D eigenvalue weighted by atomic mass is 79.9. The summed E-state index contributed by atoms with van der Waals surface area (Å²) in [5, 5.41) is 0. The summed E-state index contributed by atoms with van der Waals surface area (Å²) in [6.07, 6.45) is 17.9.